The van der Waals surface area contributed by atoms with E-state index in [0.29, 0.717) is 6.54 Å². The highest BCUT2D eigenvalue weighted by atomic mass is 32.1. The molecule has 0 saturated carbocycles. The Bertz CT molecular complexity index is 1260. The summed E-state index contributed by atoms with van der Waals surface area (Å²) in [7, 11) is 1.92. The number of nitrogens with zero attached hydrogens (tertiary/aromatic N) is 6. The van der Waals surface area contributed by atoms with Crippen LogP contribution in [0.4, 0.5) is 0 Å². The second-order valence-electron chi connectivity index (χ2n) is 6.84. The summed E-state index contributed by atoms with van der Waals surface area (Å²) >= 11 is 1.60. The second-order valence-corrected chi connectivity index (χ2v) is 7.56. The van der Waals surface area contributed by atoms with Crippen molar-refractivity contribution in [1.82, 2.24) is 29.5 Å². The lowest BCUT2D eigenvalue weighted by atomic mass is 10.1. The number of aryl methyl sites for hydroxylation is 3. The fourth-order valence-electron chi connectivity index (χ4n) is 3.59. The van der Waals surface area contributed by atoms with Crippen molar-refractivity contribution in [3.8, 4) is 22.3 Å². The molecule has 7 nitrogen and oxygen atoms in total. The van der Waals surface area contributed by atoms with E-state index < -0.39 is 0 Å². The van der Waals surface area contributed by atoms with Gasteiger partial charge < -0.3 is 9.09 Å². The van der Waals surface area contributed by atoms with E-state index >= 15 is 0 Å². The molecule has 0 aliphatic carbocycles. The summed E-state index contributed by atoms with van der Waals surface area (Å²) in [4.78, 5) is 9.25. The average molecular weight is 390 g/mol. The van der Waals surface area contributed by atoms with Crippen LogP contribution in [0.25, 0.3) is 33.3 Å². The lowest BCUT2D eigenvalue weighted by Crippen LogP contribution is -1.98. The van der Waals surface area contributed by atoms with Crippen molar-refractivity contribution in [2.45, 2.75) is 20.4 Å². The molecule has 5 heterocycles. The Morgan fingerprint density at radius 3 is 2.68 bits per heavy atom. The van der Waals surface area contributed by atoms with Gasteiger partial charge in [0, 0.05) is 53.3 Å². The number of thiazole rings is 1. The second kappa shape index (κ2) is 6.42. The fraction of sp³-hybridized carbons (Fsp3) is 0.200. The molecule has 5 aromatic heterocycles. The normalized spacial score (nSPS) is 11.5. The molecule has 0 aromatic carbocycles. The molecule has 0 fully saturated rings. The molecule has 0 N–H and O–H groups in total. The molecular weight excluding hydrogens is 372 g/mol. The first kappa shape index (κ1) is 16.9. The molecular formula is C20H18N6OS. The van der Waals surface area contributed by atoms with E-state index in [1.165, 1.54) is 0 Å². The molecule has 0 spiro atoms. The highest BCUT2D eigenvalue weighted by Crippen LogP contribution is 2.34. The Morgan fingerprint density at radius 1 is 1.11 bits per heavy atom. The van der Waals surface area contributed by atoms with E-state index in [1.807, 2.05) is 45.0 Å². The van der Waals surface area contributed by atoms with E-state index in [-0.39, 0.29) is 0 Å². The van der Waals surface area contributed by atoms with Crippen LogP contribution in [0.5, 0.6) is 0 Å². The van der Waals surface area contributed by atoms with Crippen LogP contribution >= 0.6 is 11.3 Å². The van der Waals surface area contributed by atoms with Crippen molar-refractivity contribution in [3.63, 3.8) is 0 Å². The van der Waals surface area contributed by atoms with Gasteiger partial charge in [-0.2, -0.15) is 5.10 Å². The molecule has 0 aliphatic rings. The van der Waals surface area contributed by atoms with Crippen LogP contribution in [0.1, 0.15) is 17.1 Å². The molecule has 8 heteroatoms. The van der Waals surface area contributed by atoms with E-state index in [4.69, 9.17) is 9.51 Å². The maximum atomic E-state index is 5.35. The highest BCUT2D eigenvalue weighted by molar-refractivity contribution is 7.07. The number of aromatic nitrogens is 6. The monoisotopic (exact) mass is 390 g/mol. The molecule has 140 valence electrons. The van der Waals surface area contributed by atoms with Crippen LogP contribution < -0.4 is 0 Å². The number of hydrogen-bond acceptors (Lipinski definition) is 6. The summed E-state index contributed by atoms with van der Waals surface area (Å²) in [5, 5.41) is 10.5. The van der Waals surface area contributed by atoms with Crippen LogP contribution in [0.2, 0.25) is 0 Å². The lowest BCUT2D eigenvalue weighted by molar-refractivity contribution is 0.393. The average Bonchev–Trinajstić information content (AvgIpc) is 3.45. The van der Waals surface area contributed by atoms with Crippen LogP contribution in [0.15, 0.2) is 46.3 Å². The minimum atomic E-state index is 0.687. The molecule has 0 amide bonds. The zero-order valence-corrected chi connectivity index (χ0v) is 16.6. The summed E-state index contributed by atoms with van der Waals surface area (Å²) < 4.78 is 9.35. The van der Waals surface area contributed by atoms with Gasteiger partial charge in [0.2, 0.25) is 0 Å². The van der Waals surface area contributed by atoms with E-state index in [1.54, 1.807) is 16.0 Å². The van der Waals surface area contributed by atoms with Gasteiger partial charge in [0.1, 0.15) is 5.76 Å². The summed E-state index contributed by atoms with van der Waals surface area (Å²) in [5.41, 5.74) is 9.84. The molecule has 5 rings (SSSR count). The first-order valence-corrected chi connectivity index (χ1v) is 9.82. The van der Waals surface area contributed by atoms with Crippen molar-refractivity contribution in [2.75, 3.05) is 0 Å². The predicted molar refractivity (Wildman–Crippen MR) is 108 cm³/mol. The van der Waals surface area contributed by atoms with Crippen molar-refractivity contribution in [1.29, 1.82) is 0 Å². The zero-order valence-electron chi connectivity index (χ0n) is 15.7. The lowest BCUT2D eigenvalue weighted by Gasteiger charge is -2.05. The number of fused-ring (bicyclic) bond motifs is 1. The van der Waals surface area contributed by atoms with Crippen LogP contribution in [-0.2, 0) is 13.6 Å². The number of hydrogen-bond donors (Lipinski definition) is 0. The van der Waals surface area contributed by atoms with Crippen LogP contribution in [-0.4, -0.2) is 29.5 Å². The van der Waals surface area contributed by atoms with Gasteiger partial charge in [0.15, 0.2) is 0 Å². The van der Waals surface area contributed by atoms with Crippen LogP contribution in [0.3, 0.4) is 0 Å². The third-order valence-electron chi connectivity index (χ3n) is 4.87. The topological polar surface area (TPSA) is 74.6 Å². The Hall–Kier alpha value is -3.26. The molecule has 0 saturated heterocycles. The van der Waals surface area contributed by atoms with Crippen molar-refractivity contribution >= 4 is 22.4 Å². The minimum absolute atomic E-state index is 0.687. The minimum Gasteiger partial charge on any atom is -0.361 e. The first-order chi connectivity index (χ1) is 13.6. The maximum absolute atomic E-state index is 5.35. The molecule has 0 atom stereocenters. The van der Waals surface area contributed by atoms with Crippen molar-refractivity contribution in [2.24, 2.45) is 7.05 Å². The van der Waals surface area contributed by atoms with Gasteiger partial charge in [0.05, 0.1) is 40.7 Å². The quantitative estimate of drug-likeness (QED) is 0.459. The van der Waals surface area contributed by atoms with Crippen LogP contribution in [0, 0.1) is 13.8 Å². The third kappa shape index (κ3) is 2.73. The molecule has 5 aromatic rings. The molecule has 0 aliphatic heterocycles. The van der Waals surface area contributed by atoms with E-state index in [9.17, 15) is 0 Å². The first-order valence-electron chi connectivity index (χ1n) is 8.88. The van der Waals surface area contributed by atoms with Crippen molar-refractivity contribution < 1.29 is 4.52 Å². The predicted octanol–water partition coefficient (Wildman–Crippen LogP) is 4.21. The Kier molecular flexibility index (Phi) is 3.87. The largest absolute Gasteiger partial charge is 0.361 e. The molecule has 0 radical (unpaired) electrons. The van der Waals surface area contributed by atoms with E-state index in [0.717, 1.165) is 50.4 Å². The highest BCUT2D eigenvalue weighted by Gasteiger charge is 2.17. The number of pyridine rings is 1. The third-order valence-corrected chi connectivity index (χ3v) is 5.51. The van der Waals surface area contributed by atoms with E-state index in [2.05, 4.69) is 37.4 Å². The summed E-state index contributed by atoms with van der Waals surface area (Å²) in [5.74, 6) is 0.795. The van der Waals surface area contributed by atoms with Gasteiger partial charge >= 0.3 is 0 Å². The SMILES string of the molecule is Cc1noc(C)c1-c1cnc2c(-c3cnn(C)c3)cn(Cc3cscn3)c2c1. The van der Waals surface area contributed by atoms with Gasteiger partial charge in [-0.25, -0.2) is 4.98 Å². The Labute approximate surface area is 165 Å². The van der Waals surface area contributed by atoms with Gasteiger partial charge in [-0.3, -0.25) is 9.67 Å². The van der Waals surface area contributed by atoms with Gasteiger partial charge in [-0.15, -0.1) is 11.3 Å². The van der Waals surface area contributed by atoms with Gasteiger partial charge in [-0.05, 0) is 19.9 Å². The van der Waals surface area contributed by atoms with Gasteiger partial charge in [0.25, 0.3) is 0 Å². The number of rotatable bonds is 4. The summed E-state index contributed by atoms with van der Waals surface area (Å²) in [6.07, 6.45) is 7.89. The Balaban J connectivity index is 1.72. The smallest absolute Gasteiger partial charge is 0.141 e. The fourth-order valence-corrected chi connectivity index (χ4v) is 4.14. The molecule has 0 bridgehead atoms. The zero-order chi connectivity index (χ0) is 19.3. The summed E-state index contributed by atoms with van der Waals surface area (Å²) in [6, 6.07) is 2.15. The standard InChI is InChI=1S/C20H18N6OS/c1-12-19(13(2)27-24-12)14-4-18-20(21-5-14)17(15-6-23-25(3)7-15)9-26(18)8-16-10-28-11-22-16/h4-7,9-11H,8H2,1-3H3. The maximum Gasteiger partial charge on any atom is 0.141 e. The van der Waals surface area contributed by atoms with Gasteiger partial charge in [-0.1, -0.05) is 5.16 Å². The van der Waals surface area contributed by atoms with Crippen molar-refractivity contribution in [3.05, 3.63) is 58.9 Å². The summed E-state index contributed by atoms with van der Waals surface area (Å²) in [6.45, 7) is 4.56. The molecule has 28 heavy (non-hydrogen) atoms. The molecule has 0 unspecified atom stereocenters. The Morgan fingerprint density at radius 2 is 2.00 bits per heavy atom.